The maximum absolute atomic E-state index is 13.3. The van der Waals surface area contributed by atoms with Crippen molar-refractivity contribution in [2.24, 2.45) is 7.05 Å². The van der Waals surface area contributed by atoms with E-state index in [1.54, 1.807) is 9.36 Å². The molecule has 9 nitrogen and oxygen atoms in total. The van der Waals surface area contributed by atoms with Gasteiger partial charge in [-0.3, -0.25) is 14.3 Å². The zero-order valence-corrected chi connectivity index (χ0v) is 19.8. The number of rotatable bonds is 8. The molecule has 10 heteroatoms. The highest BCUT2D eigenvalue weighted by atomic mass is 32.2. The SMILES string of the molecule is C=CCn1c(C)cc(C(=O)CSc2nnnn2-c2c(C)n(C)n(-c3ccccc3)c2=O)c1C. The number of ketones is 1. The van der Waals surface area contributed by atoms with Gasteiger partial charge in [0.25, 0.3) is 5.56 Å². The molecule has 0 saturated heterocycles. The van der Waals surface area contributed by atoms with E-state index in [4.69, 9.17) is 0 Å². The molecule has 33 heavy (non-hydrogen) atoms. The van der Waals surface area contributed by atoms with Gasteiger partial charge in [-0.2, -0.15) is 4.68 Å². The van der Waals surface area contributed by atoms with Crippen molar-refractivity contribution in [3.8, 4) is 11.4 Å². The van der Waals surface area contributed by atoms with Crippen LogP contribution in [0.15, 0.2) is 59.0 Å². The van der Waals surface area contributed by atoms with Gasteiger partial charge >= 0.3 is 0 Å². The first kappa shape index (κ1) is 22.5. The predicted molar refractivity (Wildman–Crippen MR) is 128 cm³/mol. The maximum atomic E-state index is 13.3. The molecule has 4 aromatic rings. The number of nitrogens with zero attached hydrogens (tertiary/aromatic N) is 7. The van der Waals surface area contributed by atoms with Crippen molar-refractivity contribution < 1.29 is 4.79 Å². The zero-order chi connectivity index (χ0) is 23.7. The summed E-state index contributed by atoms with van der Waals surface area (Å²) in [5.41, 5.74) is 4.14. The quantitative estimate of drug-likeness (QED) is 0.227. The number of benzene rings is 1. The average Bonchev–Trinajstić information content (AvgIpc) is 3.44. The lowest BCUT2D eigenvalue weighted by atomic mass is 10.2. The summed E-state index contributed by atoms with van der Waals surface area (Å²) >= 11 is 1.21. The fourth-order valence-corrected chi connectivity index (χ4v) is 4.67. The first-order chi connectivity index (χ1) is 15.8. The van der Waals surface area contributed by atoms with Crippen LogP contribution >= 0.6 is 11.8 Å². The lowest BCUT2D eigenvalue weighted by molar-refractivity contribution is 0.102. The fraction of sp³-hybridized carbons (Fsp3) is 0.261. The Morgan fingerprint density at radius 1 is 1.15 bits per heavy atom. The van der Waals surface area contributed by atoms with E-state index in [-0.39, 0.29) is 17.1 Å². The van der Waals surface area contributed by atoms with E-state index in [2.05, 4.69) is 22.1 Å². The van der Waals surface area contributed by atoms with Crippen LogP contribution in [0.5, 0.6) is 0 Å². The highest BCUT2D eigenvalue weighted by molar-refractivity contribution is 7.99. The number of aryl methyl sites for hydroxylation is 1. The number of aromatic nitrogens is 7. The van der Waals surface area contributed by atoms with E-state index < -0.39 is 0 Å². The summed E-state index contributed by atoms with van der Waals surface area (Å²) in [4.78, 5) is 26.3. The van der Waals surface area contributed by atoms with Crippen molar-refractivity contribution in [1.82, 2.24) is 34.1 Å². The Hall–Kier alpha value is -3.66. The molecule has 0 N–H and O–H groups in total. The molecule has 1 aromatic carbocycles. The topological polar surface area (TPSA) is 92.5 Å². The molecule has 170 valence electrons. The minimum absolute atomic E-state index is 0.0237. The minimum Gasteiger partial charge on any atom is -0.345 e. The Morgan fingerprint density at radius 3 is 2.58 bits per heavy atom. The van der Waals surface area contributed by atoms with E-state index >= 15 is 0 Å². The Bertz CT molecular complexity index is 1390. The van der Waals surface area contributed by atoms with Crippen LogP contribution in [-0.2, 0) is 13.6 Å². The Labute approximate surface area is 195 Å². The second kappa shape index (κ2) is 9.07. The minimum atomic E-state index is -0.241. The highest BCUT2D eigenvalue weighted by Gasteiger charge is 2.23. The lowest BCUT2D eigenvalue weighted by Crippen LogP contribution is -2.22. The maximum Gasteiger partial charge on any atom is 0.297 e. The van der Waals surface area contributed by atoms with E-state index in [1.165, 1.54) is 16.4 Å². The molecule has 4 rings (SSSR count). The molecule has 0 aliphatic heterocycles. The summed E-state index contributed by atoms with van der Waals surface area (Å²) in [6, 6.07) is 11.3. The standard InChI is InChI=1S/C23H25N7O2S/c1-6-12-28-15(2)13-19(16(28)3)20(31)14-33-23-24-25-26-29(23)21-17(4)27(5)30(22(21)32)18-10-8-7-9-11-18/h6-11,13H,1,12,14H2,2-5H3. The van der Waals surface area contributed by atoms with Gasteiger partial charge in [-0.15, -0.1) is 11.7 Å². The Morgan fingerprint density at radius 2 is 1.88 bits per heavy atom. The second-order valence-corrected chi connectivity index (χ2v) is 8.62. The molecule has 0 unspecified atom stereocenters. The molecule has 0 saturated carbocycles. The van der Waals surface area contributed by atoms with Crippen molar-refractivity contribution in [2.45, 2.75) is 32.5 Å². The number of carbonyl (C=O) groups is 1. The number of Topliss-reactive ketones (excluding diaryl/α,β-unsaturated/α-hetero) is 1. The van der Waals surface area contributed by atoms with Gasteiger partial charge in [0.2, 0.25) is 5.16 Å². The summed E-state index contributed by atoms with van der Waals surface area (Å²) in [6.45, 7) is 10.2. The summed E-state index contributed by atoms with van der Waals surface area (Å²) in [5.74, 6) is 0.127. The number of allylic oxidation sites excluding steroid dienone is 1. The van der Waals surface area contributed by atoms with Gasteiger partial charge in [-0.25, -0.2) is 4.68 Å². The zero-order valence-electron chi connectivity index (χ0n) is 19.0. The van der Waals surface area contributed by atoms with Gasteiger partial charge in [-0.1, -0.05) is 36.0 Å². The van der Waals surface area contributed by atoms with Crippen LogP contribution in [0.1, 0.15) is 27.4 Å². The van der Waals surface area contributed by atoms with E-state index in [0.29, 0.717) is 28.6 Å². The molecule has 0 aliphatic carbocycles. The van der Waals surface area contributed by atoms with Crippen LogP contribution in [0, 0.1) is 20.8 Å². The number of carbonyl (C=O) groups excluding carboxylic acids is 1. The number of hydrogen-bond acceptors (Lipinski definition) is 6. The molecular weight excluding hydrogens is 438 g/mol. The molecule has 3 heterocycles. The van der Waals surface area contributed by atoms with E-state index in [0.717, 1.165) is 17.1 Å². The fourth-order valence-electron chi connectivity index (χ4n) is 3.91. The second-order valence-electron chi connectivity index (χ2n) is 7.68. The summed E-state index contributed by atoms with van der Waals surface area (Å²) < 4.78 is 6.80. The molecule has 0 radical (unpaired) electrons. The van der Waals surface area contributed by atoms with Crippen molar-refractivity contribution in [1.29, 1.82) is 0 Å². The van der Waals surface area contributed by atoms with Crippen LogP contribution in [0.2, 0.25) is 0 Å². The molecule has 0 atom stereocenters. The lowest BCUT2D eigenvalue weighted by Gasteiger charge is -2.07. The van der Waals surface area contributed by atoms with Crippen molar-refractivity contribution in [2.75, 3.05) is 5.75 Å². The Kier molecular flexibility index (Phi) is 6.19. The number of thioether (sulfide) groups is 1. The van der Waals surface area contributed by atoms with Crippen molar-refractivity contribution in [3.05, 3.63) is 82.1 Å². The van der Waals surface area contributed by atoms with Gasteiger partial charge in [0.1, 0.15) is 0 Å². The van der Waals surface area contributed by atoms with Gasteiger partial charge in [0.05, 0.1) is 17.1 Å². The van der Waals surface area contributed by atoms with Crippen LogP contribution in [0.3, 0.4) is 0 Å². The smallest absolute Gasteiger partial charge is 0.297 e. The van der Waals surface area contributed by atoms with Crippen LogP contribution in [0.25, 0.3) is 11.4 Å². The number of tetrazole rings is 1. The molecule has 0 bridgehead atoms. The third kappa shape index (κ3) is 3.97. The third-order valence-electron chi connectivity index (χ3n) is 5.69. The first-order valence-electron chi connectivity index (χ1n) is 10.4. The Balaban J connectivity index is 1.63. The summed E-state index contributed by atoms with van der Waals surface area (Å²) in [5, 5.41) is 12.3. The normalized spacial score (nSPS) is 11.2. The van der Waals surface area contributed by atoms with Crippen molar-refractivity contribution >= 4 is 17.5 Å². The van der Waals surface area contributed by atoms with Gasteiger partial charge in [0, 0.05) is 30.5 Å². The van der Waals surface area contributed by atoms with Crippen LogP contribution < -0.4 is 5.56 Å². The predicted octanol–water partition coefficient (Wildman–Crippen LogP) is 3.04. The molecule has 3 aromatic heterocycles. The molecule has 0 amide bonds. The summed E-state index contributed by atoms with van der Waals surface area (Å²) in [7, 11) is 1.81. The van der Waals surface area contributed by atoms with Crippen molar-refractivity contribution in [3.63, 3.8) is 0 Å². The van der Waals surface area contributed by atoms with Gasteiger partial charge in [0.15, 0.2) is 11.5 Å². The number of hydrogen-bond donors (Lipinski definition) is 0. The highest BCUT2D eigenvalue weighted by Crippen LogP contribution is 2.23. The first-order valence-corrected chi connectivity index (χ1v) is 11.4. The molecule has 0 fully saturated rings. The molecular formula is C23H25N7O2S. The van der Waals surface area contributed by atoms with Crippen LogP contribution in [-0.4, -0.2) is 45.7 Å². The van der Waals surface area contributed by atoms with Gasteiger partial charge in [-0.05, 0) is 49.4 Å². The third-order valence-corrected chi connectivity index (χ3v) is 6.61. The monoisotopic (exact) mass is 463 g/mol. The molecule has 0 spiro atoms. The molecule has 0 aliphatic rings. The average molecular weight is 464 g/mol. The van der Waals surface area contributed by atoms with Crippen LogP contribution in [0.4, 0.5) is 0 Å². The van der Waals surface area contributed by atoms with E-state index in [9.17, 15) is 9.59 Å². The number of para-hydroxylation sites is 1. The summed E-state index contributed by atoms with van der Waals surface area (Å²) in [6.07, 6.45) is 1.81. The van der Waals surface area contributed by atoms with Gasteiger partial charge < -0.3 is 4.57 Å². The largest absolute Gasteiger partial charge is 0.345 e. The van der Waals surface area contributed by atoms with E-state index in [1.807, 2.05) is 74.9 Å².